The molecule has 0 N–H and O–H groups in total. The van der Waals surface area contributed by atoms with Crippen molar-refractivity contribution in [1.29, 1.82) is 0 Å². The average Bonchev–Trinajstić information content (AvgIpc) is 3.38. The Kier molecular flexibility index (Phi) is 9.28. The number of rotatable bonds is 8. The van der Waals surface area contributed by atoms with E-state index in [4.69, 9.17) is 18.9 Å². The van der Waals surface area contributed by atoms with Crippen LogP contribution in [0.25, 0.3) is 11.3 Å². The molecule has 5 atom stereocenters. The monoisotopic (exact) mass is 597 g/mol. The van der Waals surface area contributed by atoms with Crippen LogP contribution < -0.4 is 0 Å². The van der Waals surface area contributed by atoms with E-state index in [9.17, 15) is 31.9 Å². The molecule has 1 aromatic heterocycles. The third-order valence-corrected chi connectivity index (χ3v) is 6.99. The lowest BCUT2D eigenvalue weighted by Crippen LogP contribution is -2.57. The molecule has 10 nitrogen and oxygen atoms in total. The lowest BCUT2D eigenvalue weighted by molar-refractivity contribution is -0.212. The van der Waals surface area contributed by atoms with Crippen LogP contribution in [0.4, 0.5) is 17.6 Å². The number of benzene rings is 2. The molecule has 0 aliphatic carbocycles. The summed E-state index contributed by atoms with van der Waals surface area (Å²) >= 11 is 1.04. The van der Waals surface area contributed by atoms with E-state index in [1.54, 1.807) is 0 Å². The van der Waals surface area contributed by atoms with Gasteiger partial charge in [0, 0.05) is 31.2 Å². The summed E-state index contributed by atoms with van der Waals surface area (Å²) in [6.07, 6.45) is -2.41. The van der Waals surface area contributed by atoms with Gasteiger partial charge in [0.05, 0.1) is 6.20 Å². The maximum Gasteiger partial charge on any atom is 0.303 e. The largest absolute Gasteiger partial charge is 0.463 e. The average molecular weight is 598 g/mol. The van der Waals surface area contributed by atoms with Crippen LogP contribution >= 0.6 is 11.8 Å². The van der Waals surface area contributed by atoms with Gasteiger partial charge in [0.1, 0.15) is 35.7 Å². The minimum atomic E-state index is -1.66. The molecule has 0 radical (unpaired) electrons. The summed E-state index contributed by atoms with van der Waals surface area (Å²) in [5, 5.41) is 7.94. The molecule has 0 bridgehead atoms. The highest BCUT2D eigenvalue weighted by Gasteiger charge is 2.52. The Morgan fingerprint density at radius 3 is 2.12 bits per heavy atom. The number of carbonyl (C=O) groups excluding carboxylic acids is 3. The van der Waals surface area contributed by atoms with Gasteiger partial charge >= 0.3 is 17.9 Å². The molecule has 4 rings (SSSR count). The van der Waals surface area contributed by atoms with Gasteiger partial charge in [-0.1, -0.05) is 17.0 Å². The predicted molar refractivity (Wildman–Crippen MR) is 133 cm³/mol. The molecule has 2 heterocycles. The topological polar surface area (TPSA) is 119 Å². The summed E-state index contributed by atoms with van der Waals surface area (Å²) in [6.45, 7) is 3.04. The molecule has 0 amide bonds. The zero-order valence-electron chi connectivity index (χ0n) is 21.8. The standard InChI is InChI=1S/C26H23F4N3O7S/c1-12(34)37-11-21-24(38-13(2)35)23(33-10-20(31-32-33)15-8-18(28)22(30)19(29)9-15)25(39-14(3)36)26(40-21)41-17-6-4-16(27)5-7-17/h4-10,21,23-26H,11H2,1-3H3/t21?,23-,24-,25?,26+/m0/s1. The minimum absolute atomic E-state index is 0.0864. The van der Waals surface area contributed by atoms with Crippen molar-refractivity contribution in [2.45, 2.75) is 55.5 Å². The van der Waals surface area contributed by atoms with Crippen molar-refractivity contribution in [3.63, 3.8) is 0 Å². The number of halogens is 4. The Hall–Kier alpha value is -3.98. The number of hydrogen-bond donors (Lipinski definition) is 0. The minimum Gasteiger partial charge on any atom is -0.463 e. The van der Waals surface area contributed by atoms with E-state index in [2.05, 4.69) is 10.3 Å². The van der Waals surface area contributed by atoms with Gasteiger partial charge in [-0.2, -0.15) is 0 Å². The van der Waals surface area contributed by atoms with E-state index in [0.29, 0.717) is 4.90 Å². The van der Waals surface area contributed by atoms with Crippen LogP contribution in [-0.2, 0) is 33.3 Å². The molecule has 0 spiro atoms. The molecule has 3 aromatic rings. The van der Waals surface area contributed by atoms with Gasteiger partial charge in [-0.05, 0) is 36.4 Å². The van der Waals surface area contributed by atoms with Crippen molar-refractivity contribution >= 4 is 29.7 Å². The molecular weight excluding hydrogens is 574 g/mol. The SMILES string of the molecule is CC(=O)OCC1O[C@H](Sc2ccc(F)cc2)C(OC(C)=O)[C@@H](n2cc(-c3cc(F)c(F)c(F)c3)nn2)[C@H]1OC(C)=O. The Morgan fingerprint density at radius 1 is 0.927 bits per heavy atom. The Balaban J connectivity index is 1.81. The zero-order chi connectivity index (χ0) is 29.8. The summed E-state index contributed by atoms with van der Waals surface area (Å²) in [4.78, 5) is 36.5. The zero-order valence-corrected chi connectivity index (χ0v) is 22.6. The highest BCUT2D eigenvalue weighted by molar-refractivity contribution is 7.99. The molecule has 2 unspecified atom stereocenters. The van der Waals surface area contributed by atoms with E-state index >= 15 is 0 Å². The normalized spacial score (nSPS) is 22.2. The number of esters is 3. The van der Waals surface area contributed by atoms with Gasteiger partial charge in [0.15, 0.2) is 29.7 Å². The highest BCUT2D eigenvalue weighted by atomic mass is 32.2. The Morgan fingerprint density at radius 2 is 1.54 bits per heavy atom. The third-order valence-electron chi connectivity index (χ3n) is 5.83. The number of carbonyl (C=O) groups is 3. The van der Waals surface area contributed by atoms with Gasteiger partial charge in [-0.25, -0.2) is 22.2 Å². The van der Waals surface area contributed by atoms with Crippen LogP contribution in [-0.4, -0.2) is 63.3 Å². The number of ether oxygens (including phenoxy) is 4. The first-order valence-corrected chi connectivity index (χ1v) is 12.9. The van der Waals surface area contributed by atoms with Crippen LogP contribution in [0.5, 0.6) is 0 Å². The summed E-state index contributed by atoms with van der Waals surface area (Å²) in [5.74, 6) is -7.20. The van der Waals surface area contributed by atoms with Gasteiger partial charge in [-0.3, -0.25) is 14.4 Å². The molecule has 1 saturated heterocycles. The van der Waals surface area contributed by atoms with E-state index < -0.39 is 71.0 Å². The summed E-state index contributed by atoms with van der Waals surface area (Å²) in [7, 11) is 0. The van der Waals surface area contributed by atoms with Gasteiger partial charge < -0.3 is 18.9 Å². The smallest absolute Gasteiger partial charge is 0.303 e. The summed E-state index contributed by atoms with van der Waals surface area (Å²) < 4.78 is 78.4. The maximum absolute atomic E-state index is 13.9. The molecule has 0 saturated carbocycles. The fourth-order valence-corrected chi connectivity index (χ4v) is 5.29. The lowest BCUT2D eigenvalue weighted by Gasteiger charge is -2.44. The number of thioether (sulfide) groups is 1. The van der Waals surface area contributed by atoms with Crippen LogP contribution in [0.1, 0.15) is 26.8 Å². The molecule has 2 aromatic carbocycles. The van der Waals surface area contributed by atoms with Crippen molar-refractivity contribution in [2.75, 3.05) is 6.61 Å². The highest BCUT2D eigenvalue weighted by Crippen LogP contribution is 2.41. The predicted octanol–water partition coefficient (Wildman–Crippen LogP) is 3.99. The Labute approximate surface area is 234 Å². The Bertz CT molecular complexity index is 1420. The van der Waals surface area contributed by atoms with Crippen LogP contribution in [0, 0.1) is 23.3 Å². The van der Waals surface area contributed by atoms with Crippen molar-refractivity contribution in [3.05, 3.63) is 65.9 Å². The molecule has 41 heavy (non-hydrogen) atoms. The molecule has 1 aliphatic heterocycles. The first kappa shape index (κ1) is 30.0. The molecular formula is C26H23F4N3O7S. The second-order valence-corrected chi connectivity index (χ2v) is 10.1. The van der Waals surface area contributed by atoms with Gasteiger partial charge in [0.25, 0.3) is 0 Å². The van der Waals surface area contributed by atoms with E-state index in [1.807, 2.05) is 0 Å². The first-order chi connectivity index (χ1) is 19.4. The third kappa shape index (κ3) is 7.21. The summed E-state index contributed by atoms with van der Waals surface area (Å²) in [5.41, 5.74) is -1.28. The molecule has 15 heteroatoms. The number of nitrogens with zero attached hydrogens (tertiary/aromatic N) is 3. The quantitative estimate of drug-likeness (QED) is 0.163. The molecule has 1 fully saturated rings. The van der Waals surface area contributed by atoms with Crippen molar-refractivity contribution in [2.24, 2.45) is 0 Å². The fourth-order valence-electron chi connectivity index (χ4n) is 4.18. The maximum atomic E-state index is 13.9. The van der Waals surface area contributed by atoms with Crippen molar-refractivity contribution in [3.8, 4) is 11.3 Å². The lowest BCUT2D eigenvalue weighted by atomic mass is 9.96. The number of hydrogen-bond acceptors (Lipinski definition) is 10. The first-order valence-electron chi connectivity index (χ1n) is 12.0. The van der Waals surface area contributed by atoms with E-state index in [0.717, 1.165) is 49.3 Å². The fraction of sp³-hybridized carbons (Fsp3) is 0.346. The van der Waals surface area contributed by atoms with E-state index in [1.165, 1.54) is 30.5 Å². The van der Waals surface area contributed by atoms with Crippen LogP contribution in [0.3, 0.4) is 0 Å². The van der Waals surface area contributed by atoms with E-state index in [-0.39, 0.29) is 17.9 Å². The van der Waals surface area contributed by atoms with Crippen molar-refractivity contribution < 1.29 is 50.9 Å². The molecule has 218 valence electrons. The second-order valence-electron chi connectivity index (χ2n) is 8.89. The van der Waals surface area contributed by atoms with Crippen molar-refractivity contribution in [1.82, 2.24) is 15.0 Å². The van der Waals surface area contributed by atoms with Crippen LogP contribution in [0.2, 0.25) is 0 Å². The van der Waals surface area contributed by atoms with Gasteiger partial charge in [-0.15, -0.1) is 5.10 Å². The van der Waals surface area contributed by atoms with Gasteiger partial charge in [0.2, 0.25) is 0 Å². The summed E-state index contributed by atoms with van der Waals surface area (Å²) in [6, 6.07) is 5.63. The second kappa shape index (κ2) is 12.7. The number of aromatic nitrogens is 3. The molecule has 1 aliphatic rings. The van der Waals surface area contributed by atoms with Crippen LogP contribution in [0.15, 0.2) is 47.5 Å².